The van der Waals surface area contributed by atoms with Crippen molar-refractivity contribution in [2.75, 3.05) is 6.54 Å². The summed E-state index contributed by atoms with van der Waals surface area (Å²) in [5.41, 5.74) is 0. The van der Waals surface area contributed by atoms with Crippen LogP contribution < -0.4 is 0 Å². The second-order valence-electron chi connectivity index (χ2n) is 3.29. The fraction of sp³-hybridized carbons (Fsp3) is 0.571. The first-order chi connectivity index (χ1) is 7.39. The fourth-order valence-corrected chi connectivity index (χ4v) is 1.70. The maximum Gasteiger partial charge on any atom is 0.451 e. The quantitative estimate of drug-likeness (QED) is 0.705. The number of hydrogen-bond donors (Lipinski definition) is 1. The second-order valence-corrected chi connectivity index (χ2v) is 3.68. The number of nitrogens with zero attached hydrogens (tertiary/aromatic N) is 4. The first-order valence-electron chi connectivity index (χ1n) is 4.36. The number of thiol groups is 1. The van der Waals surface area contributed by atoms with Crippen LogP contribution in [0.15, 0.2) is 0 Å². The molecule has 16 heavy (non-hydrogen) atoms. The van der Waals surface area contributed by atoms with E-state index in [1.165, 1.54) is 4.90 Å². The van der Waals surface area contributed by atoms with E-state index in [-0.39, 0.29) is 25.5 Å². The van der Waals surface area contributed by atoms with Crippen LogP contribution in [0.5, 0.6) is 0 Å². The van der Waals surface area contributed by atoms with Gasteiger partial charge < -0.3 is 9.47 Å². The van der Waals surface area contributed by atoms with Crippen molar-refractivity contribution in [1.82, 2.24) is 19.7 Å². The third-order valence-electron chi connectivity index (χ3n) is 2.28. The van der Waals surface area contributed by atoms with Crippen LogP contribution in [0.1, 0.15) is 11.6 Å². The van der Waals surface area contributed by atoms with Crippen molar-refractivity contribution in [3.63, 3.8) is 0 Å². The summed E-state index contributed by atoms with van der Waals surface area (Å²) in [6.45, 7) is 0.214. The Hall–Kier alpha value is -1.25. The molecule has 0 saturated carbocycles. The van der Waals surface area contributed by atoms with E-state index in [4.69, 9.17) is 0 Å². The van der Waals surface area contributed by atoms with Crippen LogP contribution in [0, 0.1) is 0 Å². The van der Waals surface area contributed by atoms with Gasteiger partial charge in [-0.1, -0.05) is 12.6 Å². The minimum atomic E-state index is -4.52. The van der Waals surface area contributed by atoms with Gasteiger partial charge in [0.15, 0.2) is 5.82 Å². The molecule has 0 radical (unpaired) electrons. The van der Waals surface area contributed by atoms with E-state index >= 15 is 0 Å². The van der Waals surface area contributed by atoms with Crippen LogP contribution in [0.4, 0.5) is 18.0 Å². The molecule has 5 nitrogen and oxygen atoms in total. The van der Waals surface area contributed by atoms with Crippen LogP contribution in [-0.2, 0) is 19.3 Å². The number of rotatable bonds is 0. The van der Waals surface area contributed by atoms with Crippen molar-refractivity contribution in [2.24, 2.45) is 0 Å². The van der Waals surface area contributed by atoms with Gasteiger partial charge in [0.25, 0.3) is 5.24 Å². The van der Waals surface area contributed by atoms with Gasteiger partial charge in [0.2, 0.25) is 5.82 Å². The molecule has 1 aromatic heterocycles. The van der Waals surface area contributed by atoms with Gasteiger partial charge in [-0.2, -0.15) is 13.2 Å². The normalized spacial score (nSPS) is 16.1. The molecule has 0 unspecified atom stereocenters. The number of amides is 1. The highest BCUT2D eigenvalue weighted by Crippen LogP contribution is 2.29. The minimum Gasteiger partial charge on any atom is -0.324 e. The molecule has 0 atom stereocenters. The predicted octanol–water partition coefficient (Wildman–Crippen LogP) is 1.16. The molecule has 0 spiro atoms. The van der Waals surface area contributed by atoms with Gasteiger partial charge in [0.05, 0.1) is 6.54 Å². The monoisotopic (exact) mass is 252 g/mol. The molecule has 1 aromatic rings. The Balaban J connectivity index is 2.31. The largest absolute Gasteiger partial charge is 0.451 e. The Morgan fingerprint density at radius 1 is 1.31 bits per heavy atom. The summed E-state index contributed by atoms with van der Waals surface area (Å²) in [4.78, 5) is 12.2. The van der Waals surface area contributed by atoms with Crippen LogP contribution in [-0.4, -0.2) is 31.4 Å². The van der Waals surface area contributed by atoms with Gasteiger partial charge in [0, 0.05) is 13.1 Å². The van der Waals surface area contributed by atoms with Crippen molar-refractivity contribution >= 4 is 17.9 Å². The van der Waals surface area contributed by atoms with E-state index in [1.54, 1.807) is 0 Å². The van der Waals surface area contributed by atoms with E-state index < -0.39 is 17.2 Å². The lowest BCUT2D eigenvalue weighted by Crippen LogP contribution is -2.36. The Bertz CT molecular complexity index is 430. The lowest BCUT2D eigenvalue weighted by molar-refractivity contribution is -0.147. The SMILES string of the molecule is O=C(S)N1CCn2c(nnc2C(F)(F)F)C1. The summed E-state index contributed by atoms with van der Waals surface area (Å²) in [7, 11) is 0. The van der Waals surface area contributed by atoms with E-state index in [0.717, 1.165) is 4.57 Å². The first-order valence-corrected chi connectivity index (χ1v) is 4.81. The second kappa shape index (κ2) is 3.65. The molecule has 0 bridgehead atoms. The Morgan fingerprint density at radius 3 is 2.56 bits per heavy atom. The molecular weight excluding hydrogens is 245 g/mol. The third-order valence-corrected chi connectivity index (χ3v) is 2.56. The van der Waals surface area contributed by atoms with Crippen LogP contribution in [0.2, 0.25) is 0 Å². The van der Waals surface area contributed by atoms with Crippen LogP contribution in [0.3, 0.4) is 0 Å². The van der Waals surface area contributed by atoms with E-state index in [2.05, 4.69) is 22.8 Å². The number of carbonyl (C=O) groups excluding carboxylic acids is 1. The van der Waals surface area contributed by atoms with Gasteiger partial charge >= 0.3 is 6.18 Å². The van der Waals surface area contributed by atoms with Gasteiger partial charge in [-0.15, -0.1) is 10.2 Å². The molecule has 2 rings (SSSR count). The molecule has 0 fully saturated rings. The molecule has 9 heteroatoms. The van der Waals surface area contributed by atoms with E-state index in [9.17, 15) is 18.0 Å². The van der Waals surface area contributed by atoms with Gasteiger partial charge in [-0.3, -0.25) is 4.79 Å². The number of halogens is 3. The summed E-state index contributed by atoms with van der Waals surface area (Å²) in [6.07, 6.45) is -4.52. The summed E-state index contributed by atoms with van der Waals surface area (Å²) < 4.78 is 38.3. The van der Waals surface area contributed by atoms with Gasteiger partial charge in [-0.25, -0.2) is 0 Å². The highest BCUT2D eigenvalue weighted by atomic mass is 32.1. The number of fused-ring (bicyclic) bond motifs is 1. The molecule has 88 valence electrons. The number of carbonyl (C=O) groups is 1. The lowest BCUT2D eigenvalue weighted by atomic mass is 10.3. The van der Waals surface area contributed by atoms with Gasteiger partial charge in [0.1, 0.15) is 0 Å². The number of hydrogen-bond acceptors (Lipinski definition) is 3. The highest BCUT2D eigenvalue weighted by molar-refractivity contribution is 7.96. The topological polar surface area (TPSA) is 51.0 Å². The summed E-state index contributed by atoms with van der Waals surface area (Å²) in [6, 6.07) is 0. The van der Waals surface area contributed by atoms with E-state index in [0.29, 0.717) is 0 Å². The first kappa shape index (κ1) is 11.2. The van der Waals surface area contributed by atoms with Gasteiger partial charge in [-0.05, 0) is 0 Å². The standard InChI is InChI=1S/C7H7F3N4OS/c8-7(9,10)5-12-11-4-3-13(6(15)16)1-2-14(4)5/h1-3H2,(H,15,16). The molecule has 1 aliphatic heterocycles. The van der Waals surface area contributed by atoms with Crippen molar-refractivity contribution in [1.29, 1.82) is 0 Å². The maximum atomic E-state index is 12.4. The molecule has 2 heterocycles. The molecule has 1 aliphatic rings. The molecule has 0 saturated heterocycles. The minimum absolute atomic E-state index is 0.00537. The zero-order chi connectivity index (χ0) is 11.9. The fourth-order valence-electron chi connectivity index (χ4n) is 1.53. The van der Waals surface area contributed by atoms with Crippen LogP contribution >= 0.6 is 12.6 Å². The van der Waals surface area contributed by atoms with Crippen molar-refractivity contribution in [3.8, 4) is 0 Å². The summed E-state index contributed by atoms with van der Waals surface area (Å²) in [5, 5.41) is 6.03. The third kappa shape index (κ3) is 1.86. The zero-order valence-electron chi connectivity index (χ0n) is 7.90. The molecular formula is C7H7F3N4OS. The molecule has 1 amide bonds. The predicted molar refractivity (Wildman–Crippen MR) is 49.8 cm³/mol. The van der Waals surface area contributed by atoms with Crippen molar-refractivity contribution < 1.29 is 18.0 Å². The Kier molecular flexibility index (Phi) is 2.56. The zero-order valence-corrected chi connectivity index (χ0v) is 8.79. The average Bonchev–Trinajstić information content (AvgIpc) is 2.58. The number of aromatic nitrogens is 3. The molecule has 0 N–H and O–H groups in total. The Labute approximate surface area is 93.7 Å². The average molecular weight is 252 g/mol. The highest BCUT2D eigenvalue weighted by Gasteiger charge is 2.39. The molecule has 0 aliphatic carbocycles. The number of alkyl halides is 3. The van der Waals surface area contributed by atoms with Crippen molar-refractivity contribution in [3.05, 3.63) is 11.6 Å². The van der Waals surface area contributed by atoms with Crippen molar-refractivity contribution in [2.45, 2.75) is 19.3 Å². The summed E-state index contributed by atoms with van der Waals surface area (Å²) >= 11 is 3.60. The molecule has 0 aromatic carbocycles. The Morgan fingerprint density at radius 2 is 2.00 bits per heavy atom. The lowest BCUT2D eigenvalue weighted by Gasteiger charge is -2.26. The van der Waals surface area contributed by atoms with Crippen LogP contribution in [0.25, 0.3) is 0 Å². The van der Waals surface area contributed by atoms with E-state index in [1.807, 2.05) is 0 Å². The maximum absolute atomic E-state index is 12.4. The summed E-state index contributed by atoms with van der Waals surface area (Å²) in [5.74, 6) is -0.894. The smallest absolute Gasteiger partial charge is 0.324 e.